The quantitative estimate of drug-likeness (QED) is 0.203. The standard InChI is InChI=1S/C42H28N2/c1-4-14-29(15-5-1)31-18-12-21-33(28-31)43-39-25-11-10-22-35(39)37-26-27-38-36-24-13-23-34(30-16-6-2-7-17-30)40(36)44(42(38)41(37)43)32-19-8-3-9-20-32/h1-28H. The number of rotatable bonds is 4. The zero-order valence-electron chi connectivity index (χ0n) is 24.1. The van der Waals surface area contributed by atoms with Crippen LogP contribution in [0.3, 0.4) is 0 Å². The van der Waals surface area contributed by atoms with Crippen LogP contribution in [0.1, 0.15) is 0 Å². The van der Waals surface area contributed by atoms with Crippen LogP contribution in [0.4, 0.5) is 0 Å². The lowest BCUT2D eigenvalue weighted by Gasteiger charge is -2.14. The Balaban J connectivity index is 1.49. The van der Waals surface area contributed by atoms with E-state index in [4.69, 9.17) is 0 Å². The number of hydrogen-bond acceptors (Lipinski definition) is 0. The van der Waals surface area contributed by atoms with Crippen LogP contribution in [0.2, 0.25) is 0 Å². The van der Waals surface area contributed by atoms with Gasteiger partial charge >= 0.3 is 0 Å². The van der Waals surface area contributed by atoms with Gasteiger partial charge in [0.25, 0.3) is 0 Å². The van der Waals surface area contributed by atoms with Crippen LogP contribution in [0.15, 0.2) is 170 Å². The molecule has 0 aliphatic heterocycles. The number of fused-ring (bicyclic) bond motifs is 7. The Morgan fingerprint density at radius 2 is 0.818 bits per heavy atom. The average molecular weight is 561 g/mol. The summed E-state index contributed by atoms with van der Waals surface area (Å²) in [6, 6.07) is 61.3. The first kappa shape index (κ1) is 24.7. The summed E-state index contributed by atoms with van der Waals surface area (Å²) in [5, 5.41) is 5.00. The molecule has 0 atom stereocenters. The van der Waals surface area contributed by atoms with Gasteiger partial charge in [0.05, 0.1) is 22.1 Å². The van der Waals surface area contributed by atoms with Crippen LogP contribution in [-0.4, -0.2) is 9.13 Å². The molecule has 2 heterocycles. The van der Waals surface area contributed by atoms with Crippen molar-refractivity contribution in [1.82, 2.24) is 9.13 Å². The number of aromatic nitrogens is 2. The summed E-state index contributed by atoms with van der Waals surface area (Å²) in [5.74, 6) is 0. The second-order valence-electron chi connectivity index (χ2n) is 11.4. The molecule has 9 aromatic rings. The van der Waals surface area contributed by atoms with Crippen molar-refractivity contribution < 1.29 is 0 Å². The van der Waals surface area contributed by atoms with Crippen molar-refractivity contribution in [3.63, 3.8) is 0 Å². The minimum Gasteiger partial charge on any atom is -0.307 e. The lowest BCUT2D eigenvalue weighted by Crippen LogP contribution is -1.99. The molecule has 44 heavy (non-hydrogen) atoms. The third-order valence-corrected chi connectivity index (χ3v) is 8.89. The average Bonchev–Trinajstić information content (AvgIpc) is 3.63. The van der Waals surface area contributed by atoms with Crippen LogP contribution in [0.5, 0.6) is 0 Å². The van der Waals surface area contributed by atoms with Gasteiger partial charge in [-0.15, -0.1) is 0 Å². The first-order valence-corrected chi connectivity index (χ1v) is 15.1. The molecule has 2 nitrogen and oxygen atoms in total. The maximum absolute atomic E-state index is 2.49. The Hall–Kier alpha value is -5.86. The molecule has 0 saturated heterocycles. The fraction of sp³-hybridized carbons (Fsp3) is 0. The van der Waals surface area contributed by atoms with Gasteiger partial charge < -0.3 is 9.13 Å². The topological polar surface area (TPSA) is 9.86 Å². The molecular formula is C42H28N2. The maximum atomic E-state index is 2.49. The van der Waals surface area contributed by atoms with E-state index in [1.807, 2.05) is 0 Å². The van der Waals surface area contributed by atoms with Gasteiger partial charge in [0.2, 0.25) is 0 Å². The summed E-state index contributed by atoms with van der Waals surface area (Å²) in [6.45, 7) is 0. The smallest absolute Gasteiger partial charge is 0.0789 e. The zero-order valence-corrected chi connectivity index (χ0v) is 24.1. The van der Waals surface area contributed by atoms with Gasteiger partial charge in [-0.25, -0.2) is 0 Å². The van der Waals surface area contributed by atoms with E-state index in [2.05, 4.69) is 179 Å². The minimum absolute atomic E-state index is 1.15. The molecule has 0 bridgehead atoms. The first-order valence-electron chi connectivity index (χ1n) is 15.1. The van der Waals surface area contributed by atoms with E-state index in [1.54, 1.807) is 0 Å². The Labute approximate surface area is 255 Å². The number of para-hydroxylation sites is 3. The molecule has 0 aliphatic rings. The van der Waals surface area contributed by atoms with Crippen molar-refractivity contribution in [3.05, 3.63) is 170 Å². The van der Waals surface area contributed by atoms with Crippen molar-refractivity contribution in [1.29, 1.82) is 0 Å². The van der Waals surface area contributed by atoms with Crippen LogP contribution < -0.4 is 0 Å². The Morgan fingerprint density at radius 1 is 0.295 bits per heavy atom. The monoisotopic (exact) mass is 560 g/mol. The highest BCUT2D eigenvalue weighted by molar-refractivity contribution is 6.25. The lowest BCUT2D eigenvalue weighted by molar-refractivity contribution is 1.15. The summed E-state index contributed by atoms with van der Waals surface area (Å²) in [6.07, 6.45) is 0. The highest BCUT2D eigenvalue weighted by Crippen LogP contribution is 2.44. The molecule has 0 spiro atoms. The van der Waals surface area contributed by atoms with Crippen molar-refractivity contribution in [3.8, 4) is 33.6 Å². The van der Waals surface area contributed by atoms with Crippen LogP contribution >= 0.6 is 0 Å². The van der Waals surface area contributed by atoms with Crippen molar-refractivity contribution in [2.75, 3.05) is 0 Å². The molecule has 2 heteroatoms. The molecule has 0 unspecified atom stereocenters. The molecule has 0 aliphatic carbocycles. The van der Waals surface area contributed by atoms with Gasteiger partial charge in [0, 0.05) is 38.5 Å². The van der Waals surface area contributed by atoms with E-state index >= 15 is 0 Å². The molecule has 7 aromatic carbocycles. The predicted octanol–water partition coefficient (Wildman–Crippen LogP) is 11.2. The maximum Gasteiger partial charge on any atom is 0.0789 e. The van der Waals surface area contributed by atoms with Crippen LogP contribution in [-0.2, 0) is 0 Å². The largest absolute Gasteiger partial charge is 0.307 e. The van der Waals surface area contributed by atoms with E-state index in [0.717, 1.165) is 11.4 Å². The van der Waals surface area contributed by atoms with Gasteiger partial charge in [0.15, 0.2) is 0 Å². The van der Waals surface area contributed by atoms with E-state index in [0.29, 0.717) is 0 Å². The Bertz CT molecular complexity index is 2470. The minimum atomic E-state index is 1.15. The molecule has 0 N–H and O–H groups in total. The first-order chi connectivity index (χ1) is 21.9. The van der Waals surface area contributed by atoms with Crippen LogP contribution in [0, 0.1) is 0 Å². The third-order valence-electron chi connectivity index (χ3n) is 8.89. The summed E-state index contributed by atoms with van der Waals surface area (Å²) < 4.78 is 4.96. The second kappa shape index (κ2) is 9.86. The fourth-order valence-corrected chi connectivity index (χ4v) is 7.01. The second-order valence-corrected chi connectivity index (χ2v) is 11.4. The third kappa shape index (κ3) is 3.68. The van der Waals surface area contributed by atoms with Crippen molar-refractivity contribution in [2.45, 2.75) is 0 Å². The van der Waals surface area contributed by atoms with Gasteiger partial charge in [0.1, 0.15) is 0 Å². The lowest BCUT2D eigenvalue weighted by atomic mass is 10.0. The molecule has 206 valence electrons. The molecule has 0 radical (unpaired) electrons. The van der Waals surface area contributed by atoms with E-state index in [9.17, 15) is 0 Å². The van der Waals surface area contributed by atoms with Crippen molar-refractivity contribution in [2.24, 2.45) is 0 Å². The van der Waals surface area contributed by atoms with Gasteiger partial charge in [-0.05, 0) is 47.0 Å². The van der Waals surface area contributed by atoms with E-state index < -0.39 is 0 Å². The number of benzene rings is 7. The summed E-state index contributed by atoms with van der Waals surface area (Å²) >= 11 is 0. The van der Waals surface area contributed by atoms with E-state index in [1.165, 1.54) is 65.9 Å². The SMILES string of the molecule is c1ccc(-c2cccc(-n3c4ccccc4c4ccc5c6cccc(-c7ccccc7)c6n(-c6ccccc6)c5c43)c2)cc1. The summed E-state index contributed by atoms with van der Waals surface area (Å²) in [4.78, 5) is 0. The molecule has 0 amide bonds. The highest BCUT2D eigenvalue weighted by atomic mass is 15.0. The Morgan fingerprint density at radius 3 is 1.59 bits per heavy atom. The van der Waals surface area contributed by atoms with E-state index in [-0.39, 0.29) is 0 Å². The Kier molecular flexibility index (Phi) is 5.54. The van der Waals surface area contributed by atoms with Gasteiger partial charge in [-0.2, -0.15) is 0 Å². The summed E-state index contributed by atoms with van der Waals surface area (Å²) in [5.41, 5.74) is 12.0. The number of hydrogen-bond donors (Lipinski definition) is 0. The van der Waals surface area contributed by atoms with Crippen LogP contribution in [0.25, 0.3) is 77.2 Å². The molecular weight excluding hydrogens is 532 g/mol. The normalized spacial score (nSPS) is 11.6. The zero-order chi connectivity index (χ0) is 29.0. The molecule has 0 fully saturated rings. The fourth-order valence-electron chi connectivity index (χ4n) is 7.01. The van der Waals surface area contributed by atoms with Crippen molar-refractivity contribution >= 4 is 43.6 Å². The highest BCUT2D eigenvalue weighted by Gasteiger charge is 2.22. The van der Waals surface area contributed by atoms with Gasteiger partial charge in [-0.1, -0.05) is 140 Å². The predicted molar refractivity (Wildman–Crippen MR) is 186 cm³/mol. The summed E-state index contributed by atoms with van der Waals surface area (Å²) in [7, 11) is 0. The number of nitrogens with zero attached hydrogens (tertiary/aromatic N) is 2. The van der Waals surface area contributed by atoms with Gasteiger partial charge in [-0.3, -0.25) is 0 Å². The molecule has 2 aromatic heterocycles. The molecule has 0 saturated carbocycles. The molecule has 9 rings (SSSR count).